The van der Waals surface area contributed by atoms with E-state index in [1.165, 1.54) is 0 Å². The molecule has 0 saturated heterocycles. The molecule has 0 aliphatic heterocycles. The van der Waals surface area contributed by atoms with Crippen LogP contribution in [0.15, 0.2) is 0 Å². The zero-order valence-electron chi connectivity index (χ0n) is 6.14. The summed E-state index contributed by atoms with van der Waals surface area (Å²) in [5, 5.41) is 0. The lowest BCUT2D eigenvalue weighted by Gasteiger charge is -2.32. The van der Waals surface area contributed by atoms with E-state index >= 15 is 0 Å². The number of nitrogens with two attached hydrogens (primary N) is 2. The van der Waals surface area contributed by atoms with Crippen LogP contribution in [0, 0.1) is 0 Å². The first-order valence-corrected chi connectivity index (χ1v) is 2.85. The molecule has 0 aliphatic rings. The van der Waals surface area contributed by atoms with E-state index in [2.05, 4.69) is 0 Å². The molecule has 0 saturated carbocycles. The van der Waals surface area contributed by atoms with Crippen LogP contribution in [0.25, 0.3) is 0 Å². The number of hydrogen-bond acceptors (Lipinski definition) is 3. The first kappa shape index (κ1) is 8.59. The van der Waals surface area contributed by atoms with Gasteiger partial charge in [0.1, 0.15) is 6.29 Å². The lowest BCUT2D eigenvalue weighted by Crippen LogP contribution is -2.61. The lowest BCUT2D eigenvalue weighted by molar-refractivity contribution is -0.113. The van der Waals surface area contributed by atoms with E-state index in [4.69, 9.17) is 11.5 Å². The van der Waals surface area contributed by atoms with E-state index < -0.39 is 11.1 Å². The third-order valence-corrected chi connectivity index (χ3v) is 1.63. The second-order valence-electron chi connectivity index (χ2n) is 3.12. The van der Waals surface area contributed by atoms with Crippen LogP contribution < -0.4 is 11.5 Å². The molecule has 0 rings (SSSR count). The summed E-state index contributed by atoms with van der Waals surface area (Å²) in [6, 6.07) is 0. The van der Waals surface area contributed by atoms with E-state index in [-0.39, 0.29) is 0 Å². The van der Waals surface area contributed by atoms with Gasteiger partial charge in [-0.3, -0.25) is 0 Å². The van der Waals surface area contributed by atoms with Crippen LogP contribution in [0.2, 0.25) is 0 Å². The highest BCUT2D eigenvalue weighted by Crippen LogP contribution is 2.11. The van der Waals surface area contributed by atoms with Crippen LogP contribution in [0.1, 0.15) is 20.8 Å². The highest BCUT2D eigenvalue weighted by atomic mass is 16.1. The summed E-state index contributed by atoms with van der Waals surface area (Å²) < 4.78 is 0. The molecule has 0 aromatic rings. The van der Waals surface area contributed by atoms with E-state index in [9.17, 15) is 4.79 Å². The molecular weight excluding hydrogens is 116 g/mol. The second kappa shape index (κ2) is 2.08. The third kappa shape index (κ3) is 1.77. The Labute approximate surface area is 55.4 Å². The predicted octanol–water partition coefficient (Wildman–Crippen LogP) is -0.360. The molecule has 3 nitrogen and oxygen atoms in total. The van der Waals surface area contributed by atoms with Crippen LogP contribution in [-0.4, -0.2) is 17.4 Å². The van der Waals surface area contributed by atoms with Gasteiger partial charge in [0, 0.05) is 5.54 Å². The SMILES string of the molecule is CC(C)(N)C(C)(N)C=O. The molecular formula is C6H14N2O. The highest BCUT2D eigenvalue weighted by Gasteiger charge is 2.33. The Hall–Kier alpha value is -0.410. The van der Waals surface area contributed by atoms with Gasteiger partial charge in [-0.2, -0.15) is 0 Å². The summed E-state index contributed by atoms with van der Waals surface area (Å²) in [5.41, 5.74) is 9.50. The number of carbonyl (C=O) groups is 1. The molecule has 0 heterocycles. The number of hydrogen-bond donors (Lipinski definition) is 2. The van der Waals surface area contributed by atoms with Crippen molar-refractivity contribution in [2.45, 2.75) is 31.8 Å². The van der Waals surface area contributed by atoms with Crippen LogP contribution in [0.3, 0.4) is 0 Å². The maximum absolute atomic E-state index is 10.3. The third-order valence-electron chi connectivity index (χ3n) is 1.63. The summed E-state index contributed by atoms with van der Waals surface area (Å²) >= 11 is 0. The molecule has 0 aromatic heterocycles. The molecule has 9 heavy (non-hydrogen) atoms. The normalized spacial score (nSPS) is 18.8. The zero-order valence-corrected chi connectivity index (χ0v) is 6.14. The maximum Gasteiger partial charge on any atom is 0.141 e. The monoisotopic (exact) mass is 130 g/mol. The van der Waals surface area contributed by atoms with Gasteiger partial charge in [-0.25, -0.2) is 0 Å². The van der Waals surface area contributed by atoms with Crippen molar-refractivity contribution in [1.29, 1.82) is 0 Å². The molecule has 0 spiro atoms. The number of aldehydes is 1. The fourth-order valence-electron chi connectivity index (χ4n) is 0.152. The molecule has 0 amide bonds. The average molecular weight is 130 g/mol. The summed E-state index contributed by atoms with van der Waals surface area (Å²) in [4.78, 5) is 10.3. The molecule has 1 unspecified atom stereocenters. The maximum atomic E-state index is 10.3. The number of rotatable bonds is 2. The van der Waals surface area contributed by atoms with Crippen LogP contribution >= 0.6 is 0 Å². The van der Waals surface area contributed by atoms with E-state index in [0.29, 0.717) is 6.29 Å². The van der Waals surface area contributed by atoms with Crippen molar-refractivity contribution < 1.29 is 4.79 Å². The van der Waals surface area contributed by atoms with Crippen molar-refractivity contribution in [3.8, 4) is 0 Å². The van der Waals surface area contributed by atoms with E-state index in [1.54, 1.807) is 20.8 Å². The van der Waals surface area contributed by atoms with Crippen molar-refractivity contribution in [3.05, 3.63) is 0 Å². The smallest absolute Gasteiger partial charge is 0.141 e. The van der Waals surface area contributed by atoms with Gasteiger partial charge in [-0.1, -0.05) is 0 Å². The minimum absolute atomic E-state index is 0.644. The molecule has 0 bridgehead atoms. The molecule has 4 N–H and O–H groups in total. The van der Waals surface area contributed by atoms with Crippen molar-refractivity contribution in [2.75, 3.05) is 0 Å². The standard InChI is InChI=1S/C6H14N2O/c1-5(2,7)6(3,8)4-9/h4H,7-8H2,1-3H3. The van der Waals surface area contributed by atoms with Crippen molar-refractivity contribution in [3.63, 3.8) is 0 Å². The minimum Gasteiger partial charge on any atom is -0.324 e. The summed E-state index contributed by atoms with van der Waals surface area (Å²) in [6.07, 6.45) is 0.674. The highest BCUT2D eigenvalue weighted by molar-refractivity contribution is 5.65. The predicted molar refractivity (Wildman–Crippen MR) is 36.9 cm³/mol. The largest absolute Gasteiger partial charge is 0.324 e. The molecule has 0 radical (unpaired) electrons. The zero-order chi connectivity index (χ0) is 7.71. The van der Waals surface area contributed by atoms with Crippen LogP contribution in [0.5, 0.6) is 0 Å². The van der Waals surface area contributed by atoms with Gasteiger partial charge >= 0.3 is 0 Å². The fraction of sp³-hybridized carbons (Fsp3) is 0.833. The lowest BCUT2D eigenvalue weighted by atomic mass is 9.84. The topological polar surface area (TPSA) is 69.1 Å². The quantitative estimate of drug-likeness (QED) is 0.501. The van der Waals surface area contributed by atoms with Crippen molar-refractivity contribution in [2.24, 2.45) is 11.5 Å². The summed E-state index contributed by atoms with van der Waals surface area (Å²) in [7, 11) is 0. The molecule has 0 aliphatic carbocycles. The van der Waals surface area contributed by atoms with Gasteiger partial charge in [-0.05, 0) is 20.8 Å². The van der Waals surface area contributed by atoms with Crippen molar-refractivity contribution >= 4 is 6.29 Å². The Morgan fingerprint density at radius 2 is 1.56 bits per heavy atom. The van der Waals surface area contributed by atoms with Crippen LogP contribution in [0.4, 0.5) is 0 Å². The van der Waals surface area contributed by atoms with Gasteiger partial charge in [0.15, 0.2) is 0 Å². The molecule has 0 aromatic carbocycles. The van der Waals surface area contributed by atoms with Crippen molar-refractivity contribution in [1.82, 2.24) is 0 Å². The first-order valence-electron chi connectivity index (χ1n) is 2.85. The molecule has 54 valence electrons. The Balaban J connectivity index is 4.32. The first-order chi connectivity index (χ1) is 3.81. The molecule has 3 heteroatoms. The minimum atomic E-state index is -0.924. The second-order valence-corrected chi connectivity index (χ2v) is 3.12. The number of carbonyl (C=O) groups excluding carboxylic acids is 1. The summed E-state index contributed by atoms with van der Waals surface area (Å²) in [5.74, 6) is 0. The Kier molecular flexibility index (Phi) is 1.98. The molecule has 0 fully saturated rings. The van der Waals surface area contributed by atoms with Gasteiger partial charge in [0.2, 0.25) is 0 Å². The summed E-state index contributed by atoms with van der Waals surface area (Å²) in [6.45, 7) is 5.06. The van der Waals surface area contributed by atoms with E-state index in [1.807, 2.05) is 0 Å². The van der Waals surface area contributed by atoms with E-state index in [0.717, 1.165) is 0 Å². The fourth-order valence-corrected chi connectivity index (χ4v) is 0.152. The van der Waals surface area contributed by atoms with Gasteiger partial charge in [-0.15, -0.1) is 0 Å². The van der Waals surface area contributed by atoms with Gasteiger partial charge in [0.05, 0.1) is 5.54 Å². The van der Waals surface area contributed by atoms with Crippen LogP contribution in [-0.2, 0) is 4.79 Å². The average Bonchev–Trinajstić information content (AvgIpc) is 1.64. The molecule has 1 atom stereocenters. The Morgan fingerprint density at radius 3 is 1.56 bits per heavy atom. The Morgan fingerprint density at radius 1 is 1.22 bits per heavy atom. The van der Waals surface area contributed by atoms with Gasteiger partial charge in [0.25, 0.3) is 0 Å². The van der Waals surface area contributed by atoms with Gasteiger partial charge < -0.3 is 16.3 Å². The Bertz CT molecular complexity index is 113.